The van der Waals surface area contributed by atoms with E-state index in [1.165, 1.54) is 21.6 Å². The third kappa shape index (κ3) is 6.01. The molecule has 0 aliphatic carbocycles. The van der Waals surface area contributed by atoms with Gasteiger partial charge in [-0.25, -0.2) is 4.79 Å². The van der Waals surface area contributed by atoms with Crippen LogP contribution in [0, 0.1) is 0 Å². The summed E-state index contributed by atoms with van der Waals surface area (Å²) in [5.41, 5.74) is 2.60. The number of amides is 1. The molecule has 174 valence electrons. The van der Waals surface area contributed by atoms with Gasteiger partial charge in [-0.15, -0.1) is 0 Å². The Morgan fingerprint density at radius 2 is 1.15 bits per heavy atom. The van der Waals surface area contributed by atoms with Crippen LogP contribution >= 0.6 is 0 Å². The van der Waals surface area contributed by atoms with E-state index in [0.29, 0.717) is 26.2 Å². The van der Waals surface area contributed by atoms with E-state index >= 15 is 0 Å². The lowest BCUT2D eigenvalue weighted by Crippen LogP contribution is -2.49. The summed E-state index contributed by atoms with van der Waals surface area (Å²) in [6.45, 7) is 8.21. The average molecular weight is 446 g/mol. The first kappa shape index (κ1) is 24.5. The summed E-state index contributed by atoms with van der Waals surface area (Å²) in [6, 6.07) is 31.5. The number of nitrogens with one attached hydrogen (secondary N) is 2. The van der Waals surface area contributed by atoms with Gasteiger partial charge < -0.3 is 15.3 Å². The van der Waals surface area contributed by atoms with Gasteiger partial charge in [0.05, 0.1) is 5.54 Å². The molecule has 1 amide bonds. The van der Waals surface area contributed by atoms with Crippen molar-refractivity contribution >= 4 is 6.09 Å². The number of hydrogen-bond donors (Lipinski definition) is 3. The Morgan fingerprint density at radius 1 is 0.727 bits per heavy atom. The van der Waals surface area contributed by atoms with Crippen LogP contribution in [-0.4, -0.2) is 47.8 Å². The molecule has 5 nitrogen and oxygen atoms in total. The first-order valence-electron chi connectivity index (χ1n) is 11.5. The van der Waals surface area contributed by atoms with Crippen LogP contribution in [0.3, 0.4) is 0 Å². The zero-order valence-corrected chi connectivity index (χ0v) is 19.8. The molecule has 3 aromatic rings. The van der Waals surface area contributed by atoms with Crippen LogP contribution in [0.25, 0.3) is 0 Å². The normalized spacial score (nSPS) is 11.8. The molecule has 0 heterocycles. The van der Waals surface area contributed by atoms with Crippen molar-refractivity contribution in [3.8, 4) is 0 Å². The fraction of sp³-hybridized carbons (Fsp3) is 0.321. The topological polar surface area (TPSA) is 64.6 Å². The summed E-state index contributed by atoms with van der Waals surface area (Å²) in [5, 5.41) is 16.7. The monoisotopic (exact) mass is 445 g/mol. The van der Waals surface area contributed by atoms with Crippen molar-refractivity contribution in [3.05, 3.63) is 108 Å². The second-order valence-electron chi connectivity index (χ2n) is 9.13. The Morgan fingerprint density at radius 3 is 1.52 bits per heavy atom. The van der Waals surface area contributed by atoms with E-state index in [1.807, 2.05) is 39.0 Å². The summed E-state index contributed by atoms with van der Waals surface area (Å²) in [4.78, 5) is 13.0. The van der Waals surface area contributed by atoms with Gasteiger partial charge in [-0.1, -0.05) is 91.0 Å². The predicted octanol–water partition coefficient (Wildman–Crippen LogP) is 4.94. The Bertz CT molecular complexity index is 889. The molecule has 0 saturated carbocycles. The van der Waals surface area contributed by atoms with Gasteiger partial charge in [0.15, 0.2) is 0 Å². The van der Waals surface area contributed by atoms with Crippen molar-refractivity contribution in [1.29, 1.82) is 0 Å². The van der Waals surface area contributed by atoms with E-state index in [4.69, 9.17) is 0 Å². The van der Waals surface area contributed by atoms with Crippen LogP contribution in [0.5, 0.6) is 0 Å². The summed E-state index contributed by atoms with van der Waals surface area (Å²) >= 11 is 0. The largest absolute Gasteiger partial charge is 0.465 e. The smallest absolute Gasteiger partial charge is 0.407 e. The lowest BCUT2D eigenvalue weighted by Gasteiger charge is -2.37. The quantitative estimate of drug-likeness (QED) is 0.306. The third-order valence-electron chi connectivity index (χ3n) is 5.87. The maximum absolute atomic E-state index is 11.6. The molecule has 0 atom stereocenters. The van der Waals surface area contributed by atoms with Gasteiger partial charge in [0, 0.05) is 31.7 Å². The fourth-order valence-corrected chi connectivity index (χ4v) is 4.24. The van der Waals surface area contributed by atoms with Crippen LogP contribution in [0.1, 0.15) is 37.5 Å². The van der Waals surface area contributed by atoms with Crippen LogP contribution in [-0.2, 0) is 5.54 Å². The zero-order valence-electron chi connectivity index (χ0n) is 19.8. The molecule has 0 saturated heterocycles. The van der Waals surface area contributed by atoms with Crippen LogP contribution in [0.2, 0.25) is 0 Å². The first-order chi connectivity index (χ1) is 15.9. The third-order valence-corrected chi connectivity index (χ3v) is 5.87. The molecule has 33 heavy (non-hydrogen) atoms. The highest BCUT2D eigenvalue weighted by atomic mass is 16.4. The Balaban J connectivity index is 1.78. The number of rotatable bonds is 10. The summed E-state index contributed by atoms with van der Waals surface area (Å²) in [6.07, 6.45) is -0.890. The van der Waals surface area contributed by atoms with Crippen molar-refractivity contribution in [1.82, 2.24) is 15.5 Å². The lowest BCUT2D eigenvalue weighted by atomic mass is 9.77. The Labute approximate surface area is 197 Å². The number of benzene rings is 3. The number of hydrogen-bond acceptors (Lipinski definition) is 3. The zero-order chi connectivity index (χ0) is 23.7. The second-order valence-corrected chi connectivity index (χ2v) is 9.13. The molecule has 0 fully saturated rings. The van der Waals surface area contributed by atoms with Gasteiger partial charge in [-0.2, -0.15) is 0 Å². The number of nitrogens with zero attached hydrogens (tertiary/aromatic N) is 1. The molecule has 0 radical (unpaired) electrons. The molecule has 3 N–H and O–H groups in total. The summed E-state index contributed by atoms with van der Waals surface area (Å²) in [5.74, 6) is 0. The molecule has 3 aromatic carbocycles. The standard InChI is InChI=1S/C28H35N3O2/c1-27(2,3)31(26(32)33)22-21-29-19-20-30-28(23-13-7-4-8-14-23,24-15-9-5-10-16-24)25-17-11-6-12-18-25/h4-18,29-30H,19-22H2,1-3H3,(H,32,33). The molecule has 5 heteroatoms. The van der Waals surface area contributed by atoms with Crippen molar-refractivity contribution < 1.29 is 9.90 Å². The van der Waals surface area contributed by atoms with Gasteiger partial charge in [0.2, 0.25) is 0 Å². The molecular formula is C28H35N3O2. The van der Waals surface area contributed by atoms with E-state index in [2.05, 4.69) is 83.4 Å². The van der Waals surface area contributed by atoms with Gasteiger partial charge in [-0.3, -0.25) is 5.32 Å². The molecule has 0 spiro atoms. The van der Waals surface area contributed by atoms with Crippen LogP contribution in [0.4, 0.5) is 4.79 Å². The maximum Gasteiger partial charge on any atom is 0.407 e. The van der Waals surface area contributed by atoms with Gasteiger partial charge >= 0.3 is 6.09 Å². The van der Waals surface area contributed by atoms with Crippen molar-refractivity contribution in [2.75, 3.05) is 26.2 Å². The lowest BCUT2D eigenvalue weighted by molar-refractivity contribution is 0.101. The van der Waals surface area contributed by atoms with Gasteiger partial charge in [-0.05, 0) is 37.5 Å². The van der Waals surface area contributed by atoms with Crippen LogP contribution in [0.15, 0.2) is 91.0 Å². The van der Waals surface area contributed by atoms with E-state index in [9.17, 15) is 9.90 Å². The molecule has 0 aliphatic rings. The van der Waals surface area contributed by atoms with E-state index < -0.39 is 17.2 Å². The van der Waals surface area contributed by atoms with Crippen molar-refractivity contribution in [3.63, 3.8) is 0 Å². The predicted molar refractivity (Wildman–Crippen MR) is 135 cm³/mol. The molecular weight excluding hydrogens is 410 g/mol. The number of carboxylic acid groups (broad SMARTS) is 1. The molecule has 0 aliphatic heterocycles. The Kier molecular flexibility index (Phi) is 8.26. The minimum atomic E-state index is -0.890. The average Bonchev–Trinajstić information content (AvgIpc) is 2.82. The highest BCUT2D eigenvalue weighted by Crippen LogP contribution is 2.36. The van der Waals surface area contributed by atoms with Gasteiger partial charge in [0.25, 0.3) is 0 Å². The van der Waals surface area contributed by atoms with Gasteiger partial charge in [0.1, 0.15) is 0 Å². The molecule has 3 rings (SSSR count). The SMILES string of the molecule is CC(C)(C)N(CCNCCNC(c1ccccc1)(c1ccccc1)c1ccccc1)C(=O)O. The fourth-order valence-electron chi connectivity index (χ4n) is 4.24. The van der Waals surface area contributed by atoms with Crippen molar-refractivity contribution in [2.45, 2.75) is 31.8 Å². The summed E-state index contributed by atoms with van der Waals surface area (Å²) in [7, 11) is 0. The Hall–Kier alpha value is -3.15. The maximum atomic E-state index is 11.6. The molecule has 0 bridgehead atoms. The van der Waals surface area contributed by atoms with Crippen molar-refractivity contribution in [2.24, 2.45) is 0 Å². The highest BCUT2D eigenvalue weighted by molar-refractivity contribution is 5.66. The van der Waals surface area contributed by atoms with E-state index in [0.717, 1.165) is 0 Å². The summed E-state index contributed by atoms with van der Waals surface area (Å²) < 4.78 is 0. The molecule has 0 aromatic heterocycles. The van der Waals surface area contributed by atoms with Crippen LogP contribution < -0.4 is 10.6 Å². The first-order valence-corrected chi connectivity index (χ1v) is 11.5. The highest BCUT2D eigenvalue weighted by Gasteiger charge is 2.35. The minimum Gasteiger partial charge on any atom is -0.465 e. The van der Waals surface area contributed by atoms with E-state index in [1.54, 1.807) is 0 Å². The minimum absolute atomic E-state index is 0.422. The number of carbonyl (C=O) groups is 1. The second kappa shape index (κ2) is 11.1. The molecule has 0 unspecified atom stereocenters. The van der Waals surface area contributed by atoms with E-state index in [-0.39, 0.29) is 0 Å².